The van der Waals surface area contributed by atoms with Gasteiger partial charge in [-0.05, 0) is 45.1 Å². The summed E-state index contributed by atoms with van der Waals surface area (Å²) in [6.07, 6.45) is 2.61. The van der Waals surface area contributed by atoms with E-state index in [0.29, 0.717) is 37.1 Å². The number of hydrogen-bond donors (Lipinski definition) is 1. The van der Waals surface area contributed by atoms with Gasteiger partial charge in [0.25, 0.3) is 5.91 Å². The summed E-state index contributed by atoms with van der Waals surface area (Å²) in [4.78, 5) is 35.6. The molecule has 0 saturated carbocycles. The minimum Gasteiger partial charge on any atom is -0.337 e. The summed E-state index contributed by atoms with van der Waals surface area (Å²) in [6, 6.07) is 1.81. The van der Waals surface area contributed by atoms with Crippen molar-refractivity contribution < 1.29 is 4.79 Å². The highest BCUT2D eigenvalue weighted by molar-refractivity contribution is 5.92. The average Bonchev–Trinajstić information content (AvgIpc) is 3.00. The zero-order valence-corrected chi connectivity index (χ0v) is 16.5. The van der Waals surface area contributed by atoms with Gasteiger partial charge in [0.1, 0.15) is 17.3 Å². The third kappa shape index (κ3) is 4.26. The van der Waals surface area contributed by atoms with Crippen molar-refractivity contribution in [1.82, 2.24) is 29.6 Å². The van der Waals surface area contributed by atoms with Gasteiger partial charge in [-0.25, -0.2) is 19.9 Å². The van der Waals surface area contributed by atoms with Crippen molar-refractivity contribution in [2.75, 3.05) is 13.1 Å². The maximum absolute atomic E-state index is 13.1. The number of piperidine rings is 1. The number of likely N-dealkylation sites (tertiary alicyclic amines) is 1. The molecule has 1 N–H and O–H groups in total. The lowest BCUT2D eigenvalue weighted by Crippen LogP contribution is -2.40. The molecule has 1 fully saturated rings. The number of nitrogens with one attached hydrogen (secondary N) is 1. The molecule has 2 aromatic rings. The van der Waals surface area contributed by atoms with Gasteiger partial charge in [0.2, 0.25) is 0 Å². The van der Waals surface area contributed by atoms with E-state index in [2.05, 4.69) is 34.0 Å². The van der Waals surface area contributed by atoms with Crippen LogP contribution in [0.25, 0.3) is 0 Å². The van der Waals surface area contributed by atoms with Gasteiger partial charge in [-0.1, -0.05) is 13.8 Å². The number of nitrogens with zero attached hydrogens (tertiary/aromatic N) is 5. The lowest BCUT2D eigenvalue weighted by Gasteiger charge is -2.32. The molecule has 146 valence electrons. The maximum Gasteiger partial charge on any atom is 0.343 e. The number of carbonyl (C=O) groups is 1. The number of hydrogen-bond acceptors (Lipinski definition) is 5. The smallest absolute Gasteiger partial charge is 0.337 e. The van der Waals surface area contributed by atoms with Gasteiger partial charge in [0.05, 0.1) is 0 Å². The Kier molecular flexibility index (Phi) is 5.72. The summed E-state index contributed by atoms with van der Waals surface area (Å²) < 4.78 is 1.65. The first-order valence-corrected chi connectivity index (χ1v) is 9.68. The fourth-order valence-corrected chi connectivity index (χ4v) is 3.74. The maximum atomic E-state index is 13.1. The van der Waals surface area contributed by atoms with Crippen LogP contribution in [0.4, 0.5) is 0 Å². The van der Waals surface area contributed by atoms with Crippen LogP contribution in [0.5, 0.6) is 0 Å². The van der Waals surface area contributed by atoms with Crippen LogP contribution in [0.1, 0.15) is 67.4 Å². The highest BCUT2D eigenvalue weighted by atomic mass is 16.2. The summed E-state index contributed by atoms with van der Waals surface area (Å²) in [7, 11) is 0. The zero-order valence-electron chi connectivity index (χ0n) is 16.5. The minimum absolute atomic E-state index is 0.0552. The Hall–Kier alpha value is -2.51. The van der Waals surface area contributed by atoms with Crippen LogP contribution in [0.15, 0.2) is 10.9 Å². The van der Waals surface area contributed by atoms with Gasteiger partial charge >= 0.3 is 5.69 Å². The predicted octanol–water partition coefficient (Wildman–Crippen LogP) is 1.91. The average molecular weight is 372 g/mol. The number of aromatic nitrogens is 5. The van der Waals surface area contributed by atoms with Crippen molar-refractivity contribution in [3.63, 3.8) is 0 Å². The van der Waals surface area contributed by atoms with Crippen LogP contribution in [0.2, 0.25) is 0 Å². The molecule has 8 nitrogen and oxygen atoms in total. The van der Waals surface area contributed by atoms with Crippen LogP contribution in [0, 0.1) is 12.8 Å². The Bertz CT molecular complexity index is 869. The van der Waals surface area contributed by atoms with E-state index < -0.39 is 0 Å². The van der Waals surface area contributed by atoms with Crippen LogP contribution >= 0.6 is 0 Å². The number of amides is 1. The lowest BCUT2D eigenvalue weighted by molar-refractivity contribution is 0.0696. The van der Waals surface area contributed by atoms with Crippen LogP contribution < -0.4 is 5.69 Å². The Labute approximate surface area is 159 Å². The molecular formula is C19H28N6O2. The molecule has 1 amide bonds. The van der Waals surface area contributed by atoms with Gasteiger partial charge in [-0.2, -0.15) is 5.10 Å². The molecular weight excluding hydrogens is 344 g/mol. The van der Waals surface area contributed by atoms with Crippen LogP contribution in [-0.4, -0.2) is 48.6 Å². The van der Waals surface area contributed by atoms with E-state index in [4.69, 9.17) is 0 Å². The molecule has 1 saturated heterocycles. The topological polar surface area (TPSA) is 96.8 Å². The highest BCUT2D eigenvalue weighted by Crippen LogP contribution is 2.26. The molecule has 3 heterocycles. The first-order chi connectivity index (χ1) is 12.9. The largest absolute Gasteiger partial charge is 0.343 e. The van der Waals surface area contributed by atoms with Crippen molar-refractivity contribution in [1.29, 1.82) is 0 Å². The first kappa shape index (κ1) is 19.3. The molecule has 27 heavy (non-hydrogen) atoms. The molecule has 0 aliphatic carbocycles. The monoisotopic (exact) mass is 372 g/mol. The van der Waals surface area contributed by atoms with Gasteiger partial charge in [-0.3, -0.25) is 9.36 Å². The lowest BCUT2D eigenvalue weighted by atomic mass is 9.96. The summed E-state index contributed by atoms with van der Waals surface area (Å²) >= 11 is 0. The molecule has 1 atom stereocenters. The minimum atomic E-state index is -0.194. The highest BCUT2D eigenvalue weighted by Gasteiger charge is 2.29. The number of H-pyrrole nitrogens is 1. The number of aryl methyl sites for hydroxylation is 1. The summed E-state index contributed by atoms with van der Waals surface area (Å²) in [5.41, 5.74) is 1.16. The number of rotatable bonds is 5. The zero-order chi connectivity index (χ0) is 19.6. The Morgan fingerprint density at radius 3 is 2.85 bits per heavy atom. The van der Waals surface area contributed by atoms with Crippen LogP contribution in [-0.2, 0) is 13.0 Å². The second kappa shape index (κ2) is 8.02. The van der Waals surface area contributed by atoms with Crippen molar-refractivity contribution in [3.8, 4) is 0 Å². The first-order valence-electron chi connectivity index (χ1n) is 9.68. The third-order valence-corrected chi connectivity index (χ3v) is 4.91. The summed E-state index contributed by atoms with van der Waals surface area (Å²) in [5.74, 6) is 1.81. The Morgan fingerprint density at radius 1 is 1.37 bits per heavy atom. The van der Waals surface area contributed by atoms with E-state index >= 15 is 0 Å². The fourth-order valence-electron chi connectivity index (χ4n) is 3.74. The molecule has 0 radical (unpaired) electrons. The van der Waals surface area contributed by atoms with Crippen LogP contribution in [0.3, 0.4) is 0 Å². The molecule has 0 unspecified atom stereocenters. The third-order valence-electron chi connectivity index (χ3n) is 4.91. The van der Waals surface area contributed by atoms with Crippen molar-refractivity contribution in [2.45, 2.75) is 59.4 Å². The van der Waals surface area contributed by atoms with E-state index in [1.807, 2.05) is 24.8 Å². The molecule has 0 aromatic carbocycles. The summed E-state index contributed by atoms with van der Waals surface area (Å²) in [5, 5.41) is 6.73. The predicted molar refractivity (Wildman–Crippen MR) is 102 cm³/mol. The van der Waals surface area contributed by atoms with E-state index in [1.54, 1.807) is 4.57 Å². The quantitative estimate of drug-likeness (QED) is 0.865. The van der Waals surface area contributed by atoms with Gasteiger partial charge < -0.3 is 4.90 Å². The second-order valence-corrected chi connectivity index (χ2v) is 7.61. The summed E-state index contributed by atoms with van der Waals surface area (Å²) in [6.45, 7) is 9.81. The number of carbonyl (C=O) groups excluding carboxylic acids is 1. The standard InChI is InChI=1S/C19H28N6O2/c1-5-25-17(22-23-19(25)27)14-7-6-8-24(11-14)18(26)16-10-15(9-12(2)3)20-13(4)21-16/h10,12,14H,5-9,11H2,1-4H3,(H,23,27)/t14-/m1/s1. The Morgan fingerprint density at radius 2 is 2.15 bits per heavy atom. The Balaban J connectivity index is 1.81. The van der Waals surface area contributed by atoms with E-state index in [1.165, 1.54) is 0 Å². The van der Waals surface area contributed by atoms with Crippen molar-refractivity contribution in [3.05, 3.63) is 39.6 Å². The van der Waals surface area contributed by atoms with Gasteiger partial charge in [0.15, 0.2) is 0 Å². The van der Waals surface area contributed by atoms with Gasteiger partial charge in [0, 0.05) is 31.2 Å². The molecule has 1 aliphatic rings. The van der Waals surface area contributed by atoms with Gasteiger partial charge in [-0.15, -0.1) is 0 Å². The SMILES string of the molecule is CCn1c([C@@H]2CCCN(C(=O)c3cc(CC(C)C)nc(C)n3)C2)n[nH]c1=O. The molecule has 0 spiro atoms. The molecule has 0 bridgehead atoms. The fraction of sp³-hybridized carbons (Fsp3) is 0.632. The van der Waals surface area contributed by atoms with E-state index in [0.717, 1.165) is 30.8 Å². The molecule has 8 heteroatoms. The normalized spacial score (nSPS) is 17.5. The molecule has 3 rings (SSSR count). The number of aromatic amines is 1. The molecule has 2 aromatic heterocycles. The van der Waals surface area contributed by atoms with E-state index in [9.17, 15) is 9.59 Å². The molecule has 1 aliphatic heterocycles. The van der Waals surface area contributed by atoms with E-state index in [-0.39, 0.29) is 17.5 Å². The second-order valence-electron chi connectivity index (χ2n) is 7.61. The van der Waals surface area contributed by atoms with Crippen molar-refractivity contribution in [2.24, 2.45) is 5.92 Å². The van der Waals surface area contributed by atoms with Crippen molar-refractivity contribution >= 4 is 5.91 Å².